The van der Waals surface area contributed by atoms with E-state index in [-0.39, 0.29) is 11.3 Å². The van der Waals surface area contributed by atoms with Crippen molar-refractivity contribution in [2.75, 3.05) is 4.90 Å². The molecule has 0 saturated carbocycles. The minimum absolute atomic E-state index is 0.0952. The van der Waals surface area contributed by atoms with Crippen molar-refractivity contribution in [1.82, 2.24) is 4.98 Å². The summed E-state index contributed by atoms with van der Waals surface area (Å²) in [7, 11) is 0. The lowest BCUT2D eigenvalue weighted by atomic mass is 10.00. The van der Waals surface area contributed by atoms with Crippen molar-refractivity contribution in [3.8, 4) is 0 Å². The van der Waals surface area contributed by atoms with E-state index in [0.717, 1.165) is 16.0 Å². The highest BCUT2D eigenvalue weighted by Crippen LogP contribution is 2.43. The Bertz CT molecular complexity index is 1070. The van der Waals surface area contributed by atoms with E-state index < -0.39 is 17.7 Å². The number of nitrogens with zero attached hydrogens (tertiary/aromatic N) is 2. The van der Waals surface area contributed by atoms with Crippen molar-refractivity contribution < 1.29 is 14.7 Å². The van der Waals surface area contributed by atoms with E-state index in [1.807, 2.05) is 49.6 Å². The number of aliphatic hydroxyl groups excluding tert-OH is 1. The highest BCUT2D eigenvalue weighted by atomic mass is 32.1. The summed E-state index contributed by atoms with van der Waals surface area (Å²) < 4.78 is 0. The number of aryl methyl sites for hydroxylation is 2. The highest BCUT2D eigenvalue weighted by Gasteiger charge is 2.47. The van der Waals surface area contributed by atoms with E-state index in [2.05, 4.69) is 4.98 Å². The van der Waals surface area contributed by atoms with Crippen LogP contribution in [0.2, 0.25) is 0 Å². The van der Waals surface area contributed by atoms with Gasteiger partial charge < -0.3 is 5.11 Å². The number of rotatable bonds is 3. The Morgan fingerprint density at radius 3 is 2.36 bits per heavy atom. The maximum atomic E-state index is 13.0. The molecule has 1 N–H and O–H groups in total. The van der Waals surface area contributed by atoms with E-state index in [4.69, 9.17) is 0 Å². The van der Waals surface area contributed by atoms with Crippen molar-refractivity contribution in [2.24, 2.45) is 0 Å². The SMILES string of the molecule is Cc1cc(C)cc(N2C(=O)C(=O)/C(=C(\O)c3ccncc3)C2c2cccs2)c1. The van der Waals surface area contributed by atoms with E-state index in [9.17, 15) is 14.7 Å². The fourth-order valence-corrected chi connectivity index (χ4v) is 4.39. The molecule has 1 aliphatic heterocycles. The normalized spacial score (nSPS) is 18.6. The van der Waals surface area contributed by atoms with Crippen LogP contribution in [0, 0.1) is 13.8 Å². The van der Waals surface area contributed by atoms with Crippen LogP contribution < -0.4 is 4.90 Å². The Labute approximate surface area is 166 Å². The van der Waals surface area contributed by atoms with Gasteiger partial charge in [-0.05, 0) is 60.7 Å². The lowest BCUT2D eigenvalue weighted by Gasteiger charge is -2.25. The van der Waals surface area contributed by atoms with Gasteiger partial charge in [-0.3, -0.25) is 19.5 Å². The molecule has 28 heavy (non-hydrogen) atoms. The average Bonchev–Trinajstić information content (AvgIpc) is 3.28. The van der Waals surface area contributed by atoms with Crippen molar-refractivity contribution in [3.63, 3.8) is 0 Å². The second-order valence-corrected chi connectivity index (χ2v) is 7.75. The molecule has 4 rings (SSSR count). The molecule has 140 valence electrons. The summed E-state index contributed by atoms with van der Waals surface area (Å²) in [6.07, 6.45) is 3.07. The van der Waals surface area contributed by atoms with E-state index in [1.54, 1.807) is 12.1 Å². The number of aliphatic hydroxyl groups is 1. The fraction of sp³-hybridized carbons (Fsp3) is 0.136. The van der Waals surface area contributed by atoms with Crippen LogP contribution in [0.1, 0.15) is 27.6 Å². The zero-order valence-corrected chi connectivity index (χ0v) is 16.2. The lowest BCUT2D eigenvalue weighted by molar-refractivity contribution is -0.132. The molecule has 0 radical (unpaired) electrons. The first-order valence-electron chi connectivity index (χ1n) is 8.80. The Kier molecular flexibility index (Phi) is 4.57. The predicted octanol–water partition coefficient (Wildman–Crippen LogP) is 4.39. The number of carbonyl (C=O) groups is 2. The number of aromatic nitrogens is 1. The van der Waals surface area contributed by atoms with Gasteiger partial charge in [0, 0.05) is 28.5 Å². The third kappa shape index (κ3) is 3.01. The molecular formula is C22H18N2O3S. The van der Waals surface area contributed by atoms with Gasteiger partial charge in [0.05, 0.1) is 5.57 Å². The first-order valence-corrected chi connectivity index (χ1v) is 9.68. The van der Waals surface area contributed by atoms with Crippen molar-refractivity contribution in [2.45, 2.75) is 19.9 Å². The molecule has 1 atom stereocenters. The summed E-state index contributed by atoms with van der Waals surface area (Å²) in [6.45, 7) is 3.90. The summed E-state index contributed by atoms with van der Waals surface area (Å²) in [4.78, 5) is 32.2. The fourth-order valence-electron chi connectivity index (χ4n) is 3.57. The third-order valence-corrected chi connectivity index (χ3v) is 5.62. The van der Waals surface area contributed by atoms with Gasteiger partial charge in [-0.25, -0.2) is 0 Å². The molecule has 0 spiro atoms. The van der Waals surface area contributed by atoms with Crippen molar-refractivity contribution in [1.29, 1.82) is 0 Å². The van der Waals surface area contributed by atoms with Crippen LogP contribution in [0.25, 0.3) is 5.76 Å². The van der Waals surface area contributed by atoms with E-state index in [0.29, 0.717) is 11.3 Å². The summed E-state index contributed by atoms with van der Waals surface area (Å²) in [5, 5.41) is 12.8. The van der Waals surface area contributed by atoms with Gasteiger partial charge in [0.1, 0.15) is 11.8 Å². The van der Waals surface area contributed by atoms with Crippen LogP contribution >= 0.6 is 11.3 Å². The number of ketones is 1. The minimum Gasteiger partial charge on any atom is -0.507 e. The number of anilines is 1. The molecule has 0 aliphatic carbocycles. The smallest absolute Gasteiger partial charge is 0.300 e. The maximum Gasteiger partial charge on any atom is 0.300 e. The standard InChI is InChI=1S/C22H18N2O3S/c1-13-10-14(2)12-16(11-13)24-19(17-4-3-9-28-17)18(21(26)22(24)27)20(25)15-5-7-23-8-6-15/h3-12,19,25H,1-2H3/b20-18-. The monoisotopic (exact) mass is 390 g/mol. The summed E-state index contributed by atoms with van der Waals surface area (Å²) >= 11 is 1.44. The molecule has 0 bridgehead atoms. The zero-order valence-electron chi connectivity index (χ0n) is 15.4. The third-order valence-electron chi connectivity index (χ3n) is 4.70. The molecular weight excluding hydrogens is 372 g/mol. The first kappa shape index (κ1) is 18.1. The predicted molar refractivity (Wildman–Crippen MR) is 109 cm³/mol. The second-order valence-electron chi connectivity index (χ2n) is 6.77. The summed E-state index contributed by atoms with van der Waals surface area (Å²) in [5.41, 5.74) is 3.19. The van der Waals surface area contributed by atoms with Gasteiger partial charge in [-0.1, -0.05) is 12.1 Å². The largest absolute Gasteiger partial charge is 0.507 e. The number of Topliss-reactive ketones (excluding diaryl/α,β-unsaturated/α-hetero) is 1. The number of carbonyl (C=O) groups excluding carboxylic acids is 2. The topological polar surface area (TPSA) is 70.5 Å². The molecule has 6 heteroatoms. The van der Waals surface area contributed by atoms with Crippen LogP contribution in [-0.2, 0) is 9.59 Å². The molecule has 5 nitrogen and oxygen atoms in total. The maximum absolute atomic E-state index is 13.0. The number of benzene rings is 1. The van der Waals surface area contributed by atoms with E-state index >= 15 is 0 Å². The van der Waals surface area contributed by atoms with Crippen LogP contribution in [-0.4, -0.2) is 21.8 Å². The Morgan fingerprint density at radius 1 is 1.07 bits per heavy atom. The Balaban J connectivity index is 1.95. The molecule has 1 aliphatic rings. The molecule has 1 amide bonds. The molecule has 3 aromatic rings. The van der Waals surface area contributed by atoms with E-state index in [1.165, 1.54) is 28.6 Å². The Morgan fingerprint density at radius 2 is 1.75 bits per heavy atom. The van der Waals surface area contributed by atoms with Gasteiger partial charge in [0.2, 0.25) is 0 Å². The number of hydrogen-bond donors (Lipinski definition) is 1. The number of thiophene rings is 1. The lowest BCUT2D eigenvalue weighted by Crippen LogP contribution is -2.29. The number of pyridine rings is 1. The Hall–Kier alpha value is -3.25. The quantitative estimate of drug-likeness (QED) is 0.409. The second kappa shape index (κ2) is 7.05. The summed E-state index contributed by atoms with van der Waals surface area (Å²) in [6, 6.07) is 12.1. The van der Waals surface area contributed by atoms with Crippen molar-refractivity contribution in [3.05, 3.63) is 87.4 Å². The van der Waals surface area contributed by atoms with Crippen molar-refractivity contribution >= 4 is 34.5 Å². The van der Waals surface area contributed by atoms with Crippen LogP contribution in [0.5, 0.6) is 0 Å². The number of amides is 1. The highest BCUT2D eigenvalue weighted by molar-refractivity contribution is 7.10. The van der Waals surface area contributed by atoms with Gasteiger partial charge in [0.15, 0.2) is 0 Å². The summed E-state index contributed by atoms with van der Waals surface area (Å²) in [5.74, 6) is -1.52. The average molecular weight is 390 g/mol. The molecule has 1 aromatic carbocycles. The molecule has 1 saturated heterocycles. The van der Waals surface area contributed by atoms with Crippen LogP contribution in [0.3, 0.4) is 0 Å². The van der Waals surface area contributed by atoms with Gasteiger partial charge in [-0.2, -0.15) is 0 Å². The molecule has 2 aromatic heterocycles. The molecule has 1 fully saturated rings. The van der Waals surface area contributed by atoms with Gasteiger partial charge in [0.25, 0.3) is 11.7 Å². The first-order chi connectivity index (χ1) is 13.5. The van der Waals surface area contributed by atoms with Crippen LogP contribution in [0.15, 0.2) is 65.8 Å². The van der Waals surface area contributed by atoms with Crippen LogP contribution in [0.4, 0.5) is 5.69 Å². The van der Waals surface area contributed by atoms with Gasteiger partial charge >= 0.3 is 0 Å². The molecule has 1 unspecified atom stereocenters. The van der Waals surface area contributed by atoms with Gasteiger partial charge in [-0.15, -0.1) is 11.3 Å². The minimum atomic E-state index is -0.688. The number of hydrogen-bond acceptors (Lipinski definition) is 5. The molecule has 3 heterocycles. The zero-order chi connectivity index (χ0) is 19.8.